The van der Waals surface area contributed by atoms with Crippen molar-refractivity contribution in [3.05, 3.63) is 0 Å². The van der Waals surface area contributed by atoms with Gasteiger partial charge in [-0.25, -0.2) is 0 Å². The van der Waals surface area contributed by atoms with Gasteiger partial charge in [0.25, 0.3) is 0 Å². The lowest BCUT2D eigenvalue weighted by Crippen LogP contribution is -2.36. The molecule has 88 valence electrons. The highest BCUT2D eigenvalue weighted by atomic mass is 16.2. The average molecular weight is 212 g/mol. The number of nitrogens with zero attached hydrogens (tertiary/aromatic N) is 1. The lowest BCUT2D eigenvalue weighted by molar-refractivity contribution is -0.133. The molecule has 1 fully saturated rings. The minimum absolute atomic E-state index is 0.0810. The molecule has 0 bridgehead atoms. The number of carbonyl (C=O) groups is 1. The molecule has 0 radical (unpaired) electrons. The molecule has 2 N–H and O–H groups in total. The molecule has 1 aliphatic heterocycles. The lowest BCUT2D eigenvalue weighted by atomic mass is 9.91. The third kappa shape index (κ3) is 3.49. The highest BCUT2D eigenvalue weighted by Gasteiger charge is 2.32. The minimum Gasteiger partial charge on any atom is -0.340 e. The summed E-state index contributed by atoms with van der Waals surface area (Å²) >= 11 is 0. The van der Waals surface area contributed by atoms with Gasteiger partial charge < -0.3 is 10.6 Å². The van der Waals surface area contributed by atoms with Crippen LogP contribution in [0.4, 0.5) is 0 Å². The SMILES string of the molecule is CC1CC(CN)CN1C(=O)CC(C)(C)C. The molecule has 0 aromatic heterocycles. The van der Waals surface area contributed by atoms with E-state index < -0.39 is 0 Å². The van der Waals surface area contributed by atoms with E-state index in [2.05, 4.69) is 27.7 Å². The van der Waals surface area contributed by atoms with Crippen LogP contribution in [0.1, 0.15) is 40.5 Å². The molecule has 2 atom stereocenters. The van der Waals surface area contributed by atoms with Crippen LogP contribution in [0.2, 0.25) is 0 Å². The van der Waals surface area contributed by atoms with Gasteiger partial charge in [-0.05, 0) is 31.2 Å². The van der Waals surface area contributed by atoms with Crippen molar-refractivity contribution >= 4 is 5.91 Å². The van der Waals surface area contributed by atoms with Crippen LogP contribution in [0.15, 0.2) is 0 Å². The minimum atomic E-state index is 0.0810. The Hall–Kier alpha value is -0.570. The third-order valence-corrected chi connectivity index (χ3v) is 3.00. The lowest BCUT2D eigenvalue weighted by Gasteiger charge is -2.26. The Morgan fingerprint density at radius 1 is 1.47 bits per heavy atom. The van der Waals surface area contributed by atoms with Crippen LogP contribution in [0.5, 0.6) is 0 Å². The van der Waals surface area contributed by atoms with Gasteiger partial charge in [-0.15, -0.1) is 0 Å². The number of hydrogen-bond acceptors (Lipinski definition) is 2. The van der Waals surface area contributed by atoms with Gasteiger partial charge in [0, 0.05) is 19.0 Å². The van der Waals surface area contributed by atoms with Crippen molar-refractivity contribution in [2.45, 2.75) is 46.6 Å². The number of likely N-dealkylation sites (tertiary alicyclic amines) is 1. The van der Waals surface area contributed by atoms with E-state index in [0.717, 1.165) is 13.0 Å². The first-order valence-electron chi connectivity index (χ1n) is 5.83. The second kappa shape index (κ2) is 4.52. The van der Waals surface area contributed by atoms with Gasteiger partial charge in [-0.1, -0.05) is 20.8 Å². The van der Waals surface area contributed by atoms with Crippen LogP contribution < -0.4 is 5.73 Å². The van der Waals surface area contributed by atoms with Gasteiger partial charge in [-0.3, -0.25) is 4.79 Å². The Labute approximate surface area is 93.0 Å². The number of nitrogens with two attached hydrogens (primary N) is 1. The predicted molar refractivity (Wildman–Crippen MR) is 62.4 cm³/mol. The first kappa shape index (κ1) is 12.5. The maximum absolute atomic E-state index is 12.0. The van der Waals surface area contributed by atoms with Crippen LogP contribution in [-0.2, 0) is 4.79 Å². The van der Waals surface area contributed by atoms with Gasteiger partial charge in [0.2, 0.25) is 5.91 Å². The Balaban J connectivity index is 2.54. The fourth-order valence-corrected chi connectivity index (χ4v) is 2.22. The molecule has 0 saturated carbocycles. The molecule has 3 nitrogen and oxygen atoms in total. The summed E-state index contributed by atoms with van der Waals surface area (Å²) in [5, 5.41) is 0. The molecule has 3 heteroatoms. The monoisotopic (exact) mass is 212 g/mol. The van der Waals surface area contributed by atoms with Crippen molar-refractivity contribution in [2.75, 3.05) is 13.1 Å². The largest absolute Gasteiger partial charge is 0.340 e. The van der Waals surface area contributed by atoms with E-state index in [0.29, 0.717) is 24.9 Å². The van der Waals surface area contributed by atoms with Crippen LogP contribution >= 0.6 is 0 Å². The third-order valence-electron chi connectivity index (χ3n) is 3.00. The molecule has 2 unspecified atom stereocenters. The van der Waals surface area contributed by atoms with Crippen LogP contribution in [0.25, 0.3) is 0 Å². The van der Waals surface area contributed by atoms with Gasteiger partial charge >= 0.3 is 0 Å². The first-order valence-corrected chi connectivity index (χ1v) is 5.83. The predicted octanol–water partition coefficient (Wildman–Crippen LogP) is 1.62. The Kier molecular flexibility index (Phi) is 3.77. The molecule has 0 spiro atoms. The zero-order valence-electron chi connectivity index (χ0n) is 10.4. The van der Waals surface area contributed by atoms with E-state index in [9.17, 15) is 4.79 Å². The van der Waals surface area contributed by atoms with Gasteiger partial charge in [-0.2, -0.15) is 0 Å². The number of hydrogen-bond donors (Lipinski definition) is 1. The quantitative estimate of drug-likeness (QED) is 0.756. The van der Waals surface area contributed by atoms with Crippen molar-refractivity contribution in [1.82, 2.24) is 4.90 Å². The zero-order valence-corrected chi connectivity index (χ0v) is 10.4. The van der Waals surface area contributed by atoms with Gasteiger partial charge in [0.1, 0.15) is 0 Å². The summed E-state index contributed by atoms with van der Waals surface area (Å²) in [6.45, 7) is 9.98. The van der Waals surface area contributed by atoms with Crippen molar-refractivity contribution in [3.8, 4) is 0 Å². The smallest absolute Gasteiger partial charge is 0.223 e. The number of amides is 1. The molecule has 1 amide bonds. The first-order chi connectivity index (χ1) is 6.83. The normalized spacial score (nSPS) is 27.1. The fourth-order valence-electron chi connectivity index (χ4n) is 2.22. The summed E-state index contributed by atoms with van der Waals surface area (Å²) in [4.78, 5) is 14.0. The fraction of sp³-hybridized carbons (Fsp3) is 0.917. The molecule has 1 heterocycles. The van der Waals surface area contributed by atoms with Crippen molar-refractivity contribution in [2.24, 2.45) is 17.1 Å². The topological polar surface area (TPSA) is 46.3 Å². The molecule has 1 rings (SSSR count). The van der Waals surface area contributed by atoms with E-state index in [4.69, 9.17) is 5.73 Å². The van der Waals surface area contributed by atoms with E-state index in [1.54, 1.807) is 0 Å². The van der Waals surface area contributed by atoms with Gasteiger partial charge in [0.15, 0.2) is 0 Å². The second-order valence-corrected chi connectivity index (χ2v) is 5.97. The summed E-state index contributed by atoms with van der Waals surface area (Å²) in [5.41, 5.74) is 5.73. The Morgan fingerprint density at radius 3 is 2.47 bits per heavy atom. The number of carbonyl (C=O) groups excluding carboxylic acids is 1. The maximum atomic E-state index is 12.0. The van der Waals surface area contributed by atoms with E-state index in [1.165, 1.54) is 0 Å². The summed E-state index contributed by atoms with van der Waals surface area (Å²) in [5.74, 6) is 0.787. The standard InChI is InChI=1S/C12H24N2O/c1-9-5-10(7-13)8-14(9)11(15)6-12(2,3)4/h9-10H,5-8,13H2,1-4H3. The second-order valence-electron chi connectivity index (χ2n) is 5.97. The molecule has 0 aromatic carbocycles. The highest BCUT2D eigenvalue weighted by molar-refractivity contribution is 5.77. The van der Waals surface area contributed by atoms with Crippen molar-refractivity contribution in [1.29, 1.82) is 0 Å². The van der Waals surface area contributed by atoms with Crippen LogP contribution in [0.3, 0.4) is 0 Å². The highest BCUT2D eigenvalue weighted by Crippen LogP contribution is 2.26. The Morgan fingerprint density at radius 2 is 2.07 bits per heavy atom. The van der Waals surface area contributed by atoms with Crippen LogP contribution in [-0.4, -0.2) is 29.9 Å². The molecule has 1 saturated heterocycles. The van der Waals surface area contributed by atoms with Crippen molar-refractivity contribution < 1.29 is 4.79 Å². The summed E-state index contributed by atoms with van der Waals surface area (Å²) in [6, 6.07) is 0.369. The zero-order chi connectivity index (χ0) is 11.6. The maximum Gasteiger partial charge on any atom is 0.223 e. The molecular weight excluding hydrogens is 188 g/mol. The van der Waals surface area contributed by atoms with Crippen molar-refractivity contribution in [3.63, 3.8) is 0 Å². The molecular formula is C12H24N2O. The molecule has 0 aromatic rings. The summed E-state index contributed by atoms with van der Waals surface area (Å²) in [7, 11) is 0. The van der Waals surface area contributed by atoms with E-state index in [-0.39, 0.29) is 11.3 Å². The Bertz CT molecular complexity index is 232. The average Bonchev–Trinajstić information content (AvgIpc) is 2.43. The van der Waals surface area contributed by atoms with E-state index in [1.807, 2.05) is 4.90 Å². The van der Waals surface area contributed by atoms with Gasteiger partial charge in [0.05, 0.1) is 0 Å². The van der Waals surface area contributed by atoms with Crippen LogP contribution in [0, 0.1) is 11.3 Å². The number of rotatable bonds is 2. The summed E-state index contributed by atoms with van der Waals surface area (Å²) < 4.78 is 0. The molecule has 1 aliphatic rings. The molecule has 0 aliphatic carbocycles. The molecule has 15 heavy (non-hydrogen) atoms. The summed E-state index contributed by atoms with van der Waals surface area (Å²) in [6.07, 6.45) is 1.70. The van der Waals surface area contributed by atoms with E-state index >= 15 is 0 Å².